The molecule has 1 aliphatic heterocycles. The number of hydrogen-bond donors (Lipinski definition) is 0. The summed E-state index contributed by atoms with van der Waals surface area (Å²) in [5.41, 5.74) is 2.19. The van der Waals surface area contributed by atoms with Crippen LogP contribution in [0.1, 0.15) is 85.3 Å². The molecular formula is C25H39NO3Si. The summed E-state index contributed by atoms with van der Waals surface area (Å²) < 4.78 is 6.90. The van der Waals surface area contributed by atoms with Gasteiger partial charge in [0.15, 0.2) is 6.10 Å². The van der Waals surface area contributed by atoms with Gasteiger partial charge in [-0.3, -0.25) is 14.5 Å². The standard InChI is InChI=1S/C25H39NO3Si/c1-17(2)30(18(3)4,19(5)6)29-23-22(20-13-9-7-10-14-20)26(25(23)28)24(27)21-15-11-8-12-16-21/h7,9-10,13-14,17-19,21-23H,8,11-12,15-16H2,1-6H3/t22-,23+/m0/s1. The Morgan fingerprint density at radius 1 is 0.933 bits per heavy atom. The van der Waals surface area contributed by atoms with Crippen molar-refractivity contribution in [2.45, 2.75) is 102 Å². The number of β-lactam (4-membered cyclic amide) rings is 1. The highest BCUT2D eigenvalue weighted by Crippen LogP contribution is 2.48. The molecule has 5 heteroatoms. The molecule has 1 heterocycles. The molecule has 3 rings (SSSR count). The van der Waals surface area contributed by atoms with Crippen LogP contribution in [0.4, 0.5) is 0 Å². The van der Waals surface area contributed by atoms with Crippen molar-refractivity contribution in [1.29, 1.82) is 0 Å². The minimum Gasteiger partial charge on any atom is -0.402 e. The van der Waals surface area contributed by atoms with Crippen molar-refractivity contribution < 1.29 is 14.0 Å². The molecule has 30 heavy (non-hydrogen) atoms. The molecule has 0 aromatic heterocycles. The molecule has 0 radical (unpaired) electrons. The van der Waals surface area contributed by atoms with Crippen LogP contribution in [0.5, 0.6) is 0 Å². The average molecular weight is 430 g/mol. The van der Waals surface area contributed by atoms with Crippen molar-refractivity contribution >= 4 is 20.1 Å². The summed E-state index contributed by atoms with van der Waals surface area (Å²) in [5.74, 6) is -0.130. The van der Waals surface area contributed by atoms with Crippen molar-refractivity contribution in [3.05, 3.63) is 35.9 Å². The van der Waals surface area contributed by atoms with Crippen LogP contribution in [-0.4, -0.2) is 31.1 Å². The molecule has 0 spiro atoms. The van der Waals surface area contributed by atoms with Gasteiger partial charge >= 0.3 is 0 Å². The first-order chi connectivity index (χ1) is 14.2. The molecule has 2 atom stereocenters. The summed E-state index contributed by atoms with van der Waals surface area (Å²) in [6, 6.07) is 9.70. The summed E-state index contributed by atoms with van der Waals surface area (Å²) in [5, 5.41) is 0. The summed E-state index contributed by atoms with van der Waals surface area (Å²) in [7, 11) is -2.24. The van der Waals surface area contributed by atoms with Crippen LogP contribution < -0.4 is 0 Å². The molecule has 1 aromatic carbocycles. The molecule has 0 bridgehead atoms. The second-order valence-electron chi connectivity index (χ2n) is 10.1. The molecule has 166 valence electrons. The molecule has 0 unspecified atom stereocenters. The van der Waals surface area contributed by atoms with Crippen LogP contribution >= 0.6 is 0 Å². The van der Waals surface area contributed by atoms with Crippen LogP contribution in [0.15, 0.2) is 30.3 Å². The first-order valence-corrected chi connectivity index (χ1v) is 14.0. The minimum absolute atomic E-state index is 0.0133. The molecule has 4 nitrogen and oxygen atoms in total. The second-order valence-corrected chi connectivity index (χ2v) is 15.5. The summed E-state index contributed by atoms with van der Waals surface area (Å²) >= 11 is 0. The van der Waals surface area contributed by atoms with Gasteiger partial charge in [0.1, 0.15) is 0 Å². The van der Waals surface area contributed by atoms with E-state index in [2.05, 4.69) is 41.5 Å². The first kappa shape index (κ1) is 23.2. The zero-order chi connectivity index (χ0) is 22.1. The van der Waals surface area contributed by atoms with Crippen LogP contribution in [0.25, 0.3) is 0 Å². The van der Waals surface area contributed by atoms with E-state index in [-0.39, 0.29) is 23.8 Å². The Hall–Kier alpha value is -1.46. The van der Waals surface area contributed by atoms with Gasteiger partial charge in [0.05, 0.1) is 6.04 Å². The third kappa shape index (κ3) is 4.03. The van der Waals surface area contributed by atoms with E-state index in [9.17, 15) is 9.59 Å². The van der Waals surface area contributed by atoms with Gasteiger partial charge in [0.25, 0.3) is 5.91 Å². The SMILES string of the molecule is CC(C)[Si](O[C@H]1C(=O)N(C(=O)C2CCCCC2)[C@H]1c1ccccc1)(C(C)C)C(C)C. The zero-order valence-electron chi connectivity index (χ0n) is 19.6. The van der Waals surface area contributed by atoms with Crippen molar-refractivity contribution in [2.75, 3.05) is 0 Å². The van der Waals surface area contributed by atoms with Gasteiger partial charge in [-0.2, -0.15) is 0 Å². The van der Waals surface area contributed by atoms with E-state index in [0.717, 1.165) is 31.2 Å². The van der Waals surface area contributed by atoms with Gasteiger partial charge in [-0.15, -0.1) is 0 Å². The maximum absolute atomic E-state index is 13.4. The molecule has 2 aliphatic rings. The number of hydrogen-bond acceptors (Lipinski definition) is 3. The summed E-state index contributed by atoms with van der Waals surface area (Å²) in [4.78, 5) is 28.3. The fraction of sp³-hybridized carbons (Fsp3) is 0.680. The Morgan fingerprint density at radius 3 is 1.97 bits per heavy atom. The summed E-state index contributed by atoms with van der Waals surface area (Å²) in [6.07, 6.45) is 4.61. The highest BCUT2D eigenvalue weighted by Gasteiger charge is 2.58. The molecule has 2 amide bonds. The van der Waals surface area contributed by atoms with Crippen molar-refractivity contribution in [2.24, 2.45) is 5.92 Å². The quantitative estimate of drug-likeness (QED) is 0.293. The Labute approximate surface area is 183 Å². The van der Waals surface area contributed by atoms with Crippen LogP contribution in [-0.2, 0) is 14.0 Å². The normalized spacial score (nSPS) is 23.4. The van der Waals surface area contributed by atoms with Gasteiger partial charge in [-0.05, 0) is 35.0 Å². The second kappa shape index (κ2) is 9.35. The molecule has 2 fully saturated rings. The smallest absolute Gasteiger partial charge is 0.260 e. The molecule has 1 aromatic rings. The first-order valence-electron chi connectivity index (χ1n) is 11.8. The number of nitrogens with zero attached hydrogens (tertiary/aromatic N) is 1. The lowest BCUT2D eigenvalue weighted by molar-refractivity contribution is -0.176. The largest absolute Gasteiger partial charge is 0.402 e. The predicted octanol–water partition coefficient (Wildman–Crippen LogP) is 6.24. The lowest BCUT2D eigenvalue weighted by atomic mass is 9.84. The highest BCUT2D eigenvalue weighted by molar-refractivity contribution is 6.77. The van der Waals surface area contributed by atoms with Gasteiger partial charge in [-0.25, -0.2) is 0 Å². The molecule has 1 saturated carbocycles. The Kier molecular flexibility index (Phi) is 7.23. The predicted molar refractivity (Wildman–Crippen MR) is 124 cm³/mol. The Morgan fingerprint density at radius 2 is 1.47 bits per heavy atom. The fourth-order valence-electron chi connectivity index (χ4n) is 5.97. The summed E-state index contributed by atoms with van der Waals surface area (Å²) in [6.45, 7) is 13.4. The average Bonchev–Trinajstić information content (AvgIpc) is 2.72. The molecular weight excluding hydrogens is 390 g/mol. The fourth-order valence-corrected chi connectivity index (χ4v) is 11.5. The Balaban J connectivity index is 1.94. The third-order valence-corrected chi connectivity index (χ3v) is 13.5. The number of amides is 2. The van der Waals surface area contributed by atoms with E-state index in [0.29, 0.717) is 16.6 Å². The topological polar surface area (TPSA) is 46.6 Å². The lowest BCUT2D eigenvalue weighted by Gasteiger charge is -2.53. The number of imide groups is 1. The number of carbonyl (C=O) groups is 2. The van der Waals surface area contributed by atoms with Gasteiger partial charge in [-0.1, -0.05) is 91.1 Å². The van der Waals surface area contributed by atoms with E-state index >= 15 is 0 Å². The maximum atomic E-state index is 13.4. The van der Waals surface area contributed by atoms with E-state index < -0.39 is 14.4 Å². The zero-order valence-corrected chi connectivity index (χ0v) is 20.6. The van der Waals surface area contributed by atoms with Gasteiger partial charge < -0.3 is 4.43 Å². The minimum atomic E-state index is -2.24. The number of benzene rings is 1. The number of likely N-dealkylation sites (tertiary alicyclic amines) is 1. The van der Waals surface area contributed by atoms with E-state index in [4.69, 9.17) is 4.43 Å². The van der Waals surface area contributed by atoms with Crippen LogP contribution in [0, 0.1) is 5.92 Å². The van der Waals surface area contributed by atoms with Gasteiger partial charge in [0, 0.05) is 5.92 Å². The molecule has 1 aliphatic carbocycles. The lowest BCUT2D eigenvalue weighted by Crippen LogP contribution is -2.67. The van der Waals surface area contributed by atoms with Crippen molar-refractivity contribution in [3.63, 3.8) is 0 Å². The van der Waals surface area contributed by atoms with Crippen molar-refractivity contribution in [1.82, 2.24) is 4.90 Å². The Bertz CT molecular complexity index is 718. The number of rotatable bonds is 7. The van der Waals surface area contributed by atoms with Crippen molar-refractivity contribution in [3.8, 4) is 0 Å². The van der Waals surface area contributed by atoms with Gasteiger partial charge in [0.2, 0.25) is 14.2 Å². The third-order valence-electron chi connectivity index (χ3n) is 7.42. The molecule has 0 N–H and O–H groups in total. The van der Waals surface area contributed by atoms with E-state index in [1.165, 1.54) is 11.3 Å². The highest BCUT2D eigenvalue weighted by atomic mass is 28.4. The number of carbonyl (C=O) groups excluding carboxylic acids is 2. The molecule has 1 saturated heterocycles. The monoisotopic (exact) mass is 429 g/mol. The van der Waals surface area contributed by atoms with Crippen LogP contribution in [0.3, 0.4) is 0 Å². The van der Waals surface area contributed by atoms with E-state index in [1.54, 1.807) is 0 Å². The maximum Gasteiger partial charge on any atom is 0.260 e. The van der Waals surface area contributed by atoms with Crippen LogP contribution in [0.2, 0.25) is 16.6 Å². The van der Waals surface area contributed by atoms with E-state index in [1.807, 2.05) is 30.3 Å².